The van der Waals surface area contributed by atoms with Gasteiger partial charge in [-0.1, -0.05) is 18.2 Å². The molecule has 2 aliphatic rings. The van der Waals surface area contributed by atoms with E-state index >= 15 is 0 Å². The molecule has 0 spiro atoms. The molecule has 0 bridgehead atoms. The Morgan fingerprint density at radius 1 is 1.16 bits per heavy atom. The Morgan fingerprint density at radius 2 is 1.97 bits per heavy atom. The number of para-hydroxylation sites is 1. The molecule has 1 aromatic carbocycles. The van der Waals surface area contributed by atoms with E-state index in [1.165, 1.54) is 10.6 Å². The highest BCUT2D eigenvalue weighted by Crippen LogP contribution is 2.27. The van der Waals surface area contributed by atoms with Crippen molar-refractivity contribution in [2.24, 2.45) is 4.99 Å². The van der Waals surface area contributed by atoms with Crippen molar-refractivity contribution < 1.29 is 4.79 Å². The predicted octanol–water partition coefficient (Wildman–Crippen LogP) is 3.87. The molecular weight excluding hydrogens is 521 g/mol. The number of nitrogens with zero attached hydrogens (tertiary/aromatic N) is 3. The molecule has 1 fully saturated rings. The van der Waals surface area contributed by atoms with Crippen molar-refractivity contribution in [1.82, 2.24) is 10.6 Å². The van der Waals surface area contributed by atoms with Crippen LogP contribution < -0.4 is 20.4 Å². The minimum absolute atomic E-state index is 0. The van der Waals surface area contributed by atoms with Crippen LogP contribution in [0.3, 0.4) is 0 Å². The van der Waals surface area contributed by atoms with E-state index in [1.54, 1.807) is 11.3 Å². The number of aliphatic imine (C=N–C) groups is 1. The van der Waals surface area contributed by atoms with Crippen molar-refractivity contribution in [3.8, 4) is 0 Å². The Kier molecular flexibility index (Phi) is 9.01. The number of rotatable bonds is 5. The van der Waals surface area contributed by atoms with Gasteiger partial charge in [0.05, 0.1) is 5.00 Å². The molecule has 0 atom stereocenters. The van der Waals surface area contributed by atoms with Gasteiger partial charge in [-0.3, -0.25) is 4.79 Å². The van der Waals surface area contributed by atoms with Crippen molar-refractivity contribution in [3.63, 3.8) is 0 Å². The zero-order chi connectivity index (χ0) is 20.8. The second-order valence-corrected chi connectivity index (χ2v) is 8.76. The van der Waals surface area contributed by atoms with Crippen molar-refractivity contribution in [1.29, 1.82) is 0 Å². The molecule has 1 aromatic heterocycles. The predicted molar refractivity (Wildman–Crippen MR) is 141 cm³/mol. The van der Waals surface area contributed by atoms with Crippen LogP contribution in [-0.4, -0.2) is 50.6 Å². The zero-order valence-corrected chi connectivity index (χ0v) is 21.2. The molecule has 6 nitrogen and oxygen atoms in total. The average molecular weight is 554 g/mol. The molecule has 1 amide bonds. The van der Waals surface area contributed by atoms with Gasteiger partial charge in [0.2, 0.25) is 5.91 Å². The molecule has 4 rings (SSSR count). The number of amides is 1. The Balaban J connectivity index is 0.00000272. The lowest BCUT2D eigenvalue weighted by Gasteiger charge is -2.33. The van der Waals surface area contributed by atoms with Crippen LogP contribution in [0, 0.1) is 0 Å². The summed E-state index contributed by atoms with van der Waals surface area (Å²) < 4.78 is 0. The van der Waals surface area contributed by atoms with Crippen molar-refractivity contribution in [2.75, 3.05) is 42.5 Å². The fourth-order valence-electron chi connectivity index (χ4n) is 4.23. The maximum atomic E-state index is 12.9. The first-order valence-corrected chi connectivity index (χ1v) is 11.8. The van der Waals surface area contributed by atoms with E-state index in [0.29, 0.717) is 6.04 Å². The van der Waals surface area contributed by atoms with E-state index in [0.717, 1.165) is 63.5 Å². The van der Waals surface area contributed by atoms with Gasteiger partial charge in [-0.25, -0.2) is 4.99 Å². The van der Waals surface area contributed by atoms with Gasteiger partial charge in [-0.2, -0.15) is 0 Å². The number of carbonyl (C=O) groups excluding carboxylic acids is 1. The third kappa shape index (κ3) is 6.12. The molecule has 0 saturated carbocycles. The zero-order valence-electron chi connectivity index (χ0n) is 18.0. The summed E-state index contributed by atoms with van der Waals surface area (Å²) in [4.78, 5) is 21.9. The third-order valence-electron chi connectivity index (χ3n) is 5.78. The summed E-state index contributed by atoms with van der Waals surface area (Å²) in [6.45, 7) is 5.86. The first-order chi connectivity index (χ1) is 14.7. The second-order valence-electron chi connectivity index (χ2n) is 7.83. The number of hydrogen-bond acceptors (Lipinski definition) is 4. The van der Waals surface area contributed by atoms with E-state index in [1.807, 2.05) is 23.1 Å². The molecule has 31 heavy (non-hydrogen) atoms. The topological polar surface area (TPSA) is 60.0 Å². The summed E-state index contributed by atoms with van der Waals surface area (Å²) in [5.41, 5.74) is 2.30. The number of hydrogen-bond donors (Lipinski definition) is 2. The largest absolute Gasteiger partial charge is 0.363 e. The summed E-state index contributed by atoms with van der Waals surface area (Å²) in [7, 11) is 0. The van der Waals surface area contributed by atoms with E-state index in [-0.39, 0.29) is 36.4 Å². The Bertz CT molecular complexity index is 865. The lowest BCUT2D eigenvalue weighted by molar-refractivity contribution is -0.117. The van der Waals surface area contributed by atoms with Crippen LogP contribution in [0.4, 0.5) is 10.7 Å². The highest BCUT2D eigenvalue weighted by Gasteiger charge is 2.23. The van der Waals surface area contributed by atoms with Crippen molar-refractivity contribution >= 4 is 57.9 Å². The number of nitrogens with one attached hydrogen (secondary N) is 2. The number of aryl methyl sites for hydroxylation is 1. The number of fused-ring (bicyclic) bond motifs is 1. The van der Waals surface area contributed by atoms with E-state index in [9.17, 15) is 4.79 Å². The lowest BCUT2D eigenvalue weighted by atomic mass is 10.0. The monoisotopic (exact) mass is 553 g/mol. The van der Waals surface area contributed by atoms with Gasteiger partial charge in [-0.15, -0.1) is 35.3 Å². The molecule has 0 aliphatic carbocycles. The molecule has 2 N–H and O–H groups in total. The van der Waals surface area contributed by atoms with E-state index in [2.05, 4.69) is 51.0 Å². The van der Waals surface area contributed by atoms with Crippen LogP contribution in [0.5, 0.6) is 0 Å². The number of halogens is 1. The normalized spacial score (nSPS) is 17.0. The number of piperidine rings is 1. The lowest BCUT2D eigenvalue weighted by Crippen LogP contribution is -2.49. The number of benzene rings is 1. The van der Waals surface area contributed by atoms with Crippen LogP contribution in [0.1, 0.15) is 31.7 Å². The van der Waals surface area contributed by atoms with E-state index < -0.39 is 0 Å². The van der Waals surface area contributed by atoms with Gasteiger partial charge in [0, 0.05) is 37.9 Å². The van der Waals surface area contributed by atoms with Gasteiger partial charge in [-0.05, 0) is 61.7 Å². The smallest absolute Gasteiger partial charge is 0.248 e. The quantitative estimate of drug-likeness (QED) is 0.336. The second kappa shape index (κ2) is 11.7. The summed E-state index contributed by atoms with van der Waals surface area (Å²) in [6.07, 6.45) is 4.18. The van der Waals surface area contributed by atoms with Crippen molar-refractivity contribution in [2.45, 2.75) is 38.6 Å². The molecule has 0 unspecified atom stereocenters. The molecule has 0 radical (unpaired) electrons. The van der Waals surface area contributed by atoms with Crippen LogP contribution in [0.25, 0.3) is 0 Å². The minimum Gasteiger partial charge on any atom is -0.363 e. The van der Waals surface area contributed by atoms with Crippen LogP contribution in [-0.2, 0) is 11.2 Å². The number of carbonyl (C=O) groups is 1. The highest BCUT2D eigenvalue weighted by atomic mass is 127. The van der Waals surface area contributed by atoms with Gasteiger partial charge < -0.3 is 20.4 Å². The summed E-state index contributed by atoms with van der Waals surface area (Å²) >= 11 is 1.80. The van der Waals surface area contributed by atoms with Gasteiger partial charge >= 0.3 is 0 Å². The highest BCUT2D eigenvalue weighted by molar-refractivity contribution is 14.0. The molecule has 8 heteroatoms. The summed E-state index contributed by atoms with van der Waals surface area (Å²) in [5, 5.41) is 10.3. The van der Waals surface area contributed by atoms with Gasteiger partial charge in [0.25, 0.3) is 0 Å². The standard InChI is InChI=1S/C23H31N5OS.HI/c1-2-24-23(26-19-11-14-27(15-12-19)22-10-6-16-30-22)25-17-21(29)28-13-5-8-18-7-3-4-9-20(18)28;/h3-4,6-7,9-10,16,19H,2,5,8,11-15,17H2,1H3,(H2,24,25,26);1H. The van der Waals surface area contributed by atoms with Crippen LogP contribution >= 0.6 is 35.3 Å². The first-order valence-electron chi connectivity index (χ1n) is 11.0. The third-order valence-corrected chi connectivity index (χ3v) is 6.71. The average Bonchev–Trinajstić information content (AvgIpc) is 3.32. The molecule has 3 heterocycles. The summed E-state index contributed by atoms with van der Waals surface area (Å²) in [6, 6.07) is 12.9. The van der Waals surface area contributed by atoms with Gasteiger partial charge in [0.15, 0.2) is 5.96 Å². The molecule has 2 aromatic rings. The Hall–Kier alpha value is -1.81. The van der Waals surface area contributed by atoms with Gasteiger partial charge in [0.1, 0.15) is 6.54 Å². The fourth-order valence-corrected chi connectivity index (χ4v) is 5.02. The maximum absolute atomic E-state index is 12.9. The first kappa shape index (κ1) is 23.8. The van der Waals surface area contributed by atoms with Crippen LogP contribution in [0.2, 0.25) is 0 Å². The number of anilines is 2. The number of guanidine groups is 1. The summed E-state index contributed by atoms with van der Waals surface area (Å²) in [5.74, 6) is 0.803. The Morgan fingerprint density at radius 3 is 2.71 bits per heavy atom. The Labute approximate surface area is 206 Å². The van der Waals surface area contributed by atoms with Crippen LogP contribution in [0.15, 0.2) is 46.8 Å². The number of thiophene rings is 1. The fraction of sp³-hybridized carbons (Fsp3) is 0.478. The molecular formula is C23H32IN5OS. The molecule has 2 aliphatic heterocycles. The molecule has 1 saturated heterocycles. The minimum atomic E-state index is 0. The maximum Gasteiger partial charge on any atom is 0.248 e. The SMILES string of the molecule is CCNC(=NCC(=O)N1CCCc2ccccc21)NC1CCN(c2cccs2)CC1.I. The van der Waals surface area contributed by atoms with Crippen molar-refractivity contribution in [3.05, 3.63) is 47.3 Å². The van der Waals surface area contributed by atoms with E-state index in [4.69, 9.17) is 0 Å². The molecule has 168 valence electrons.